The zero-order valence-corrected chi connectivity index (χ0v) is 14.0. The molecule has 1 rings (SSSR count). The van der Waals surface area contributed by atoms with Gasteiger partial charge < -0.3 is 10.4 Å². The third-order valence-electron chi connectivity index (χ3n) is 4.79. The Kier molecular flexibility index (Phi) is 5.79. The van der Waals surface area contributed by atoms with Crippen LogP contribution in [0.1, 0.15) is 66.7 Å². The van der Waals surface area contributed by atoms with Gasteiger partial charge in [0.2, 0.25) is 5.91 Å². The van der Waals surface area contributed by atoms with E-state index in [4.69, 9.17) is 0 Å². The summed E-state index contributed by atoms with van der Waals surface area (Å²) < 4.78 is 0. The predicted molar refractivity (Wildman–Crippen MR) is 83.2 cm³/mol. The molecule has 1 fully saturated rings. The van der Waals surface area contributed by atoms with Gasteiger partial charge in [-0.15, -0.1) is 0 Å². The molecule has 0 spiro atoms. The topological polar surface area (TPSA) is 69.6 Å². The molecule has 2 unspecified atom stereocenters. The van der Waals surface area contributed by atoms with E-state index in [0.717, 1.165) is 19.3 Å². The van der Waals surface area contributed by atoms with Crippen molar-refractivity contribution in [2.45, 2.75) is 83.8 Å². The lowest BCUT2D eigenvalue weighted by Gasteiger charge is -2.39. The van der Waals surface area contributed by atoms with Gasteiger partial charge in [-0.25, -0.2) is 0 Å². The molecule has 21 heavy (non-hydrogen) atoms. The van der Waals surface area contributed by atoms with E-state index in [0.29, 0.717) is 19.4 Å². The van der Waals surface area contributed by atoms with E-state index in [-0.39, 0.29) is 11.4 Å². The third-order valence-corrected chi connectivity index (χ3v) is 4.79. The summed E-state index contributed by atoms with van der Waals surface area (Å²) >= 11 is 0. The Morgan fingerprint density at radius 2 is 2.00 bits per heavy atom. The van der Waals surface area contributed by atoms with Crippen molar-refractivity contribution in [2.75, 3.05) is 6.54 Å². The minimum absolute atomic E-state index is 0.0783. The van der Waals surface area contributed by atoms with Gasteiger partial charge in [0.25, 0.3) is 0 Å². The van der Waals surface area contributed by atoms with Crippen molar-refractivity contribution in [2.24, 2.45) is 0 Å². The van der Waals surface area contributed by atoms with Crippen LogP contribution in [0.25, 0.3) is 0 Å². The quantitative estimate of drug-likeness (QED) is 0.757. The summed E-state index contributed by atoms with van der Waals surface area (Å²) in [5.74, 6) is -0.873. The molecule has 2 N–H and O–H groups in total. The van der Waals surface area contributed by atoms with E-state index in [1.54, 1.807) is 0 Å². The molecule has 0 saturated carbocycles. The van der Waals surface area contributed by atoms with Crippen LogP contribution in [0, 0.1) is 0 Å². The smallest absolute Gasteiger partial charge is 0.324 e. The molecule has 0 aromatic heterocycles. The number of carboxylic acid groups (broad SMARTS) is 1. The molecule has 0 radical (unpaired) electrons. The van der Waals surface area contributed by atoms with Crippen molar-refractivity contribution in [3.63, 3.8) is 0 Å². The van der Waals surface area contributed by atoms with Crippen LogP contribution in [0.2, 0.25) is 0 Å². The molecular weight excluding hydrogens is 268 g/mol. The average Bonchev–Trinajstić information content (AvgIpc) is 2.82. The highest BCUT2D eigenvalue weighted by molar-refractivity contribution is 5.85. The summed E-state index contributed by atoms with van der Waals surface area (Å²) in [5, 5.41) is 12.7. The number of nitrogens with zero attached hydrogens (tertiary/aromatic N) is 1. The van der Waals surface area contributed by atoms with E-state index in [1.165, 1.54) is 0 Å². The standard InChI is InChI=1S/C16H30N2O3/c1-6-9-16(14(20)21)10-8-11-18(16)12(3)13(19)17-15(4,5)7-2/h12H,6-11H2,1-5H3,(H,17,19)(H,20,21). The van der Waals surface area contributed by atoms with Gasteiger partial charge in [0.15, 0.2) is 0 Å². The highest BCUT2D eigenvalue weighted by atomic mass is 16.4. The number of rotatable bonds is 7. The maximum atomic E-state index is 12.5. The van der Waals surface area contributed by atoms with Crippen LogP contribution in [0.4, 0.5) is 0 Å². The first kappa shape index (κ1) is 18.0. The van der Waals surface area contributed by atoms with Gasteiger partial charge in [-0.1, -0.05) is 20.3 Å². The van der Waals surface area contributed by atoms with Crippen molar-refractivity contribution < 1.29 is 14.7 Å². The second-order valence-electron chi connectivity index (χ2n) is 6.79. The Bertz CT molecular complexity index is 395. The number of likely N-dealkylation sites (tertiary alicyclic amines) is 1. The SMILES string of the molecule is CCCC1(C(=O)O)CCCN1C(C)C(=O)NC(C)(C)CC. The summed E-state index contributed by atoms with van der Waals surface area (Å²) in [7, 11) is 0. The van der Waals surface area contributed by atoms with Crippen LogP contribution in [0.15, 0.2) is 0 Å². The second-order valence-corrected chi connectivity index (χ2v) is 6.79. The zero-order valence-electron chi connectivity index (χ0n) is 14.0. The van der Waals surface area contributed by atoms with Crippen LogP contribution in [0.3, 0.4) is 0 Å². The van der Waals surface area contributed by atoms with E-state index < -0.39 is 17.6 Å². The minimum atomic E-state index is -0.873. The molecule has 0 aromatic rings. The molecule has 1 aliphatic rings. The second kappa shape index (κ2) is 6.77. The average molecular weight is 298 g/mol. The zero-order chi connectivity index (χ0) is 16.3. The highest BCUT2D eigenvalue weighted by Gasteiger charge is 2.50. The minimum Gasteiger partial charge on any atom is -0.480 e. The van der Waals surface area contributed by atoms with Gasteiger partial charge in [-0.05, 0) is 46.5 Å². The van der Waals surface area contributed by atoms with Crippen LogP contribution >= 0.6 is 0 Å². The summed E-state index contributed by atoms with van der Waals surface area (Å²) in [6.45, 7) is 10.5. The maximum Gasteiger partial charge on any atom is 0.324 e. The van der Waals surface area contributed by atoms with Crippen LogP contribution in [-0.2, 0) is 9.59 Å². The Morgan fingerprint density at radius 3 is 2.48 bits per heavy atom. The van der Waals surface area contributed by atoms with E-state index in [1.807, 2.05) is 39.5 Å². The molecule has 1 aliphatic heterocycles. The van der Waals surface area contributed by atoms with Gasteiger partial charge in [-0.2, -0.15) is 0 Å². The van der Waals surface area contributed by atoms with Crippen LogP contribution in [0.5, 0.6) is 0 Å². The Balaban J connectivity index is 2.91. The number of carbonyl (C=O) groups is 2. The fraction of sp³-hybridized carbons (Fsp3) is 0.875. The maximum absolute atomic E-state index is 12.5. The Labute approximate surface area is 128 Å². The number of hydrogen-bond donors (Lipinski definition) is 2. The molecule has 1 saturated heterocycles. The number of carbonyl (C=O) groups excluding carboxylic acids is 1. The monoisotopic (exact) mass is 298 g/mol. The van der Waals surface area contributed by atoms with Crippen LogP contribution < -0.4 is 5.32 Å². The molecule has 0 aromatic carbocycles. The molecule has 5 heteroatoms. The van der Waals surface area contributed by atoms with Gasteiger partial charge in [0, 0.05) is 12.1 Å². The molecule has 1 heterocycles. The number of carboxylic acids is 1. The molecule has 5 nitrogen and oxygen atoms in total. The fourth-order valence-corrected chi connectivity index (χ4v) is 3.15. The van der Waals surface area contributed by atoms with Crippen molar-refractivity contribution >= 4 is 11.9 Å². The Morgan fingerprint density at radius 1 is 1.38 bits per heavy atom. The summed E-state index contributed by atoms with van der Waals surface area (Å²) in [6.07, 6.45) is 3.70. The summed E-state index contributed by atoms with van der Waals surface area (Å²) in [4.78, 5) is 26.2. The summed E-state index contributed by atoms with van der Waals surface area (Å²) in [6, 6.07) is -0.416. The van der Waals surface area contributed by atoms with E-state index >= 15 is 0 Å². The molecular formula is C16H30N2O3. The Hall–Kier alpha value is -1.10. The number of aliphatic carboxylic acids is 1. The number of amides is 1. The van der Waals surface area contributed by atoms with E-state index in [9.17, 15) is 14.7 Å². The summed E-state index contributed by atoms with van der Waals surface area (Å²) in [5.41, 5.74) is -1.14. The first-order valence-electron chi connectivity index (χ1n) is 8.02. The van der Waals surface area contributed by atoms with Crippen molar-refractivity contribution in [1.29, 1.82) is 0 Å². The van der Waals surface area contributed by atoms with Gasteiger partial charge in [0.05, 0.1) is 6.04 Å². The lowest BCUT2D eigenvalue weighted by Crippen LogP contribution is -2.59. The first-order chi connectivity index (χ1) is 9.70. The first-order valence-corrected chi connectivity index (χ1v) is 8.02. The van der Waals surface area contributed by atoms with E-state index in [2.05, 4.69) is 5.32 Å². The molecule has 1 amide bonds. The normalized spacial score (nSPS) is 24.8. The van der Waals surface area contributed by atoms with Crippen molar-refractivity contribution in [3.05, 3.63) is 0 Å². The van der Waals surface area contributed by atoms with Crippen LogP contribution in [-0.4, -0.2) is 45.5 Å². The molecule has 0 aliphatic carbocycles. The third kappa shape index (κ3) is 3.76. The highest BCUT2D eigenvalue weighted by Crippen LogP contribution is 2.35. The largest absolute Gasteiger partial charge is 0.480 e. The van der Waals surface area contributed by atoms with Crippen molar-refractivity contribution in [3.8, 4) is 0 Å². The van der Waals surface area contributed by atoms with Crippen molar-refractivity contribution in [1.82, 2.24) is 10.2 Å². The molecule has 0 bridgehead atoms. The molecule has 122 valence electrons. The van der Waals surface area contributed by atoms with Gasteiger partial charge in [-0.3, -0.25) is 14.5 Å². The lowest BCUT2D eigenvalue weighted by molar-refractivity contribution is -0.153. The predicted octanol–water partition coefficient (Wildman–Crippen LogP) is 2.40. The van der Waals surface area contributed by atoms with Gasteiger partial charge in [0.1, 0.15) is 5.54 Å². The lowest BCUT2D eigenvalue weighted by atomic mass is 9.89. The molecule has 2 atom stereocenters. The number of nitrogens with one attached hydrogen (secondary N) is 1. The number of hydrogen-bond acceptors (Lipinski definition) is 3. The fourth-order valence-electron chi connectivity index (χ4n) is 3.15. The van der Waals surface area contributed by atoms with Gasteiger partial charge >= 0.3 is 5.97 Å².